The number of hydrogen-bond acceptors (Lipinski definition) is 7. The van der Waals surface area contributed by atoms with Crippen molar-refractivity contribution in [2.24, 2.45) is 0 Å². The minimum Gasteiger partial charge on any atom is -0.502 e. The van der Waals surface area contributed by atoms with Crippen LogP contribution in [-0.4, -0.2) is 44.5 Å². The van der Waals surface area contributed by atoms with Crippen LogP contribution in [0.25, 0.3) is 0 Å². The monoisotopic (exact) mass is 507 g/mol. The second-order valence-corrected chi connectivity index (χ2v) is 10.2. The van der Waals surface area contributed by atoms with Crippen LogP contribution in [0.5, 0.6) is 5.75 Å². The fraction of sp³-hybridized carbons (Fsp3) is 0.185. The fourth-order valence-corrected chi connectivity index (χ4v) is 5.74. The normalized spacial score (nSPS) is 15.8. The Morgan fingerprint density at radius 1 is 0.944 bits per heavy atom. The highest BCUT2D eigenvalue weighted by atomic mass is 32.2. The van der Waals surface area contributed by atoms with E-state index < -0.39 is 38.4 Å². The van der Waals surface area contributed by atoms with Crippen LogP contribution in [0.1, 0.15) is 33.1 Å². The molecule has 0 saturated carbocycles. The smallest absolute Gasteiger partial charge is 0.337 e. The third-order valence-electron chi connectivity index (χ3n) is 6.04. The zero-order valence-corrected chi connectivity index (χ0v) is 20.8. The van der Waals surface area contributed by atoms with Gasteiger partial charge in [-0.3, -0.25) is 4.79 Å². The summed E-state index contributed by atoms with van der Waals surface area (Å²) in [7, 11) is -1.45. The molecule has 0 aromatic heterocycles. The number of aliphatic hydroxyl groups is 1. The summed E-state index contributed by atoms with van der Waals surface area (Å²) in [6.45, 7) is 1.86. The van der Waals surface area contributed by atoms with Crippen molar-refractivity contribution >= 4 is 21.7 Å². The van der Waals surface area contributed by atoms with Crippen LogP contribution in [0.2, 0.25) is 0 Å². The van der Waals surface area contributed by atoms with E-state index in [1.807, 2.05) is 6.92 Å². The zero-order chi connectivity index (χ0) is 26.0. The Kier molecular flexibility index (Phi) is 6.85. The Balaban J connectivity index is 1.82. The molecule has 1 N–H and O–H groups in total. The Morgan fingerprint density at radius 3 is 2.11 bits per heavy atom. The molecule has 1 amide bonds. The van der Waals surface area contributed by atoms with Crippen molar-refractivity contribution < 1.29 is 32.6 Å². The third-order valence-corrected chi connectivity index (χ3v) is 7.93. The summed E-state index contributed by atoms with van der Waals surface area (Å²) in [6.07, 6.45) is 0. The number of carbonyl (C=O) groups is 2. The first-order chi connectivity index (χ1) is 17.2. The maximum atomic E-state index is 13.7. The topological polar surface area (TPSA) is 110 Å². The van der Waals surface area contributed by atoms with Gasteiger partial charge in [0.1, 0.15) is 10.7 Å². The third kappa shape index (κ3) is 4.57. The first kappa shape index (κ1) is 25.0. The molecule has 1 aliphatic rings. The minimum absolute atomic E-state index is 0.0310. The van der Waals surface area contributed by atoms with E-state index >= 15 is 0 Å². The zero-order valence-electron chi connectivity index (χ0n) is 20.0. The molecule has 4 rings (SSSR count). The van der Waals surface area contributed by atoms with Gasteiger partial charge in [0.15, 0.2) is 5.76 Å². The lowest BCUT2D eigenvalue weighted by Gasteiger charge is -2.27. The summed E-state index contributed by atoms with van der Waals surface area (Å²) in [5, 5.41) is 10.9. The summed E-state index contributed by atoms with van der Waals surface area (Å²) in [6, 6.07) is 18.1. The molecule has 8 nitrogen and oxygen atoms in total. The van der Waals surface area contributed by atoms with Crippen molar-refractivity contribution in [3.05, 3.63) is 106 Å². The highest BCUT2D eigenvalue weighted by molar-refractivity contribution is 7.95. The number of aryl methyl sites for hydroxylation is 1. The Morgan fingerprint density at radius 2 is 1.56 bits per heavy atom. The summed E-state index contributed by atoms with van der Waals surface area (Å²) < 4.78 is 37.3. The van der Waals surface area contributed by atoms with Crippen molar-refractivity contribution in [2.75, 3.05) is 14.2 Å². The molecular formula is C27H25NO7S. The van der Waals surface area contributed by atoms with Gasteiger partial charge < -0.3 is 19.5 Å². The van der Waals surface area contributed by atoms with Gasteiger partial charge in [-0.05, 0) is 54.4 Å². The number of carbonyl (C=O) groups excluding carboxylic acids is 2. The molecule has 1 unspecified atom stereocenters. The largest absolute Gasteiger partial charge is 0.502 e. The average Bonchev–Trinajstić information content (AvgIpc) is 3.14. The minimum atomic E-state index is -4.25. The lowest BCUT2D eigenvalue weighted by Crippen LogP contribution is -2.30. The Hall–Kier alpha value is -4.11. The van der Waals surface area contributed by atoms with E-state index in [0.29, 0.717) is 16.9 Å². The van der Waals surface area contributed by atoms with Gasteiger partial charge in [-0.25, -0.2) is 13.2 Å². The average molecular weight is 508 g/mol. The van der Waals surface area contributed by atoms with Crippen LogP contribution in [0, 0.1) is 6.92 Å². The van der Waals surface area contributed by atoms with Gasteiger partial charge in [0.05, 0.1) is 30.7 Å². The standard InChI is InChI=1S/C27H25NO7S/c1-17-4-14-22(15-5-17)36(32,33)25-23(19-8-10-20(11-9-19)27(31)35-3)28(26(30)24(25)29)16-18-6-12-21(34-2)13-7-18/h4-15,23,29H,16H2,1-3H3. The van der Waals surface area contributed by atoms with Crippen LogP contribution in [0.4, 0.5) is 0 Å². The van der Waals surface area contributed by atoms with Gasteiger partial charge in [0.2, 0.25) is 9.84 Å². The first-order valence-electron chi connectivity index (χ1n) is 11.0. The lowest BCUT2D eigenvalue weighted by molar-refractivity contribution is -0.130. The second kappa shape index (κ2) is 9.87. The van der Waals surface area contributed by atoms with E-state index in [2.05, 4.69) is 0 Å². The molecule has 1 aliphatic heterocycles. The van der Waals surface area contributed by atoms with E-state index in [-0.39, 0.29) is 17.0 Å². The molecule has 1 heterocycles. The molecule has 0 aliphatic carbocycles. The lowest BCUT2D eigenvalue weighted by atomic mass is 10.0. The first-order valence-corrected chi connectivity index (χ1v) is 12.5. The highest BCUT2D eigenvalue weighted by Gasteiger charge is 2.46. The number of aliphatic hydroxyl groups excluding tert-OH is 1. The predicted octanol–water partition coefficient (Wildman–Crippen LogP) is 4.12. The van der Waals surface area contributed by atoms with E-state index in [9.17, 15) is 23.1 Å². The number of nitrogens with zero attached hydrogens (tertiary/aromatic N) is 1. The molecule has 0 spiro atoms. The van der Waals surface area contributed by atoms with Crippen molar-refractivity contribution in [2.45, 2.75) is 24.4 Å². The van der Waals surface area contributed by atoms with Gasteiger partial charge >= 0.3 is 5.97 Å². The molecule has 3 aromatic rings. The fourth-order valence-electron chi connectivity index (χ4n) is 4.09. The van der Waals surface area contributed by atoms with Crippen molar-refractivity contribution in [1.29, 1.82) is 0 Å². The molecule has 9 heteroatoms. The maximum Gasteiger partial charge on any atom is 0.337 e. The molecule has 0 fully saturated rings. The van der Waals surface area contributed by atoms with Crippen molar-refractivity contribution in [3.63, 3.8) is 0 Å². The molecule has 1 atom stereocenters. The summed E-state index contributed by atoms with van der Waals surface area (Å²) >= 11 is 0. The number of ether oxygens (including phenoxy) is 2. The van der Waals surface area contributed by atoms with Crippen LogP contribution < -0.4 is 4.74 Å². The number of methoxy groups -OCH3 is 2. The van der Waals surface area contributed by atoms with E-state index in [1.165, 1.54) is 43.4 Å². The molecule has 3 aromatic carbocycles. The van der Waals surface area contributed by atoms with Gasteiger partial charge in [-0.1, -0.05) is 42.0 Å². The van der Waals surface area contributed by atoms with Crippen molar-refractivity contribution in [3.8, 4) is 5.75 Å². The van der Waals surface area contributed by atoms with Crippen LogP contribution in [-0.2, 0) is 25.9 Å². The molecule has 0 saturated heterocycles. The van der Waals surface area contributed by atoms with E-state index in [0.717, 1.165) is 5.56 Å². The second-order valence-electron chi connectivity index (χ2n) is 8.33. The number of amides is 1. The number of hydrogen-bond donors (Lipinski definition) is 1. The molecular weight excluding hydrogens is 482 g/mol. The Bertz CT molecular complexity index is 1420. The van der Waals surface area contributed by atoms with Crippen LogP contribution >= 0.6 is 0 Å². The van der Waals surface area contributed by atoms with E-state index in [1.54, 1.807) is 48.5 Å². The molecule has 36 heavy (non-hydrogen) atoms. The summed E-state index contributed by atoms with van der Waals surface area (Å²) in [4.78, 5) is 26.0. The van der Waals surface area contributed by atoms with Gasteiger partial charge in [0, 0.05) is 6.54 Å². The quantitative estimate of drug-likeness (QED) is 0.479. The SMILES string of the molecule is COC(=O)c1ccc(C2C(S(=O)(=O)c3ccc(C)cc3)=C(O)C(=O)N2Cc2ccc(OC)cc2)cc1. The Labute approximate surface area is 209 Å². The molecule has 0 bridgehead atoms. The number of benzene rings is 3. The van der Waals surface area contributed by atoms with Crippen LogP contribution in [0.3, 0.4) is 0 Å². The highest BCUT2D eigenvalue weighted by Crippen LogP contribution is 2.43. The van der Waals surface area contributed by atoms with Gasteiger partial charge in [0.25, 0.3) is 5.91 Å². The van der Waals surface area contributed by atoms with Crippen molar-refractivity contribution in [1.82, 2.24) is 4.90 Å². The summed E-state index contributed by atoms with van der Waals surface area (Å²) in [5.74, 6) is -1.56. The number of esters is 1. The maximum absolute atomic E-state index is 13.7. The van der Waals surface area contributed by atoms with E-state index in [4.69, 9.17) is 9.47 Å². The predicted molar refractivity (Wildman–Crippen MR) is 132 cm³/mol. The number of sulfone groups is 1. The molecule has 0 radical (unpaired) electrons. The van der Waals surface area contributed by atoms with Gasteiger partial charge in [-0.2, -0.15) is 0 Å². The summed E-state index contributed by atoms with van der Waals surface area (Å²) in [5.41, 5.74) is 2.26. The molecule has 186 valence electrons. The van der Waals surface area contributed by atoms with Gasteiger partial charge in [-0.15, -0.1) is 0 Å². The number of rotatable bonds is 7. The van der Waals surface area contributed by atoms with Crippen LogP contribution in [0.15, 0.2) is 88.4 Å².